The van der Waals surface area contributed by atoms with Crippen molar-refractivity contribution in [3.05, 3.63) is 146 Å². The molecular formula is C42H24S2. The summed E-state index contributed by atoms with van der Waals surface area (Å²) >= 11 is 3.81. The Balaban J connectivity index is 1.30. The van der Waals surface area contributed by atoms with E-state index in [9.17, 15) is 0 Å². The molecule has 2 aromatic heterocycles. The van der Waals surface area contributed by atoms with Gasteiger partial charge in [0.2, 0.25) is 0 Å². The molecule has 0 aliphatic heterocycles. The van der Waals surface area contributed by atoms with Gasteiger partial charge in [0.25, 0.3) is 0 Å². The van der Waals surface area contributed by atoms with Crippen LogP contribution in [0.25, 0.3) is 94.9 Å². The predicted octanol–water partition coefficient (Wildman–Crippen LogP) is 13.2. The summed E-state index contributed by atoms with van der Waals surface area (Å²) in [5.41, 5.74) is 5.22. The Morgan fingerprint density at radius 2 is 0.886 bits per heavy atom. The van der Waals surface area contributed by atoms with Gasteiger partial charge in [0, 0.05) is 45.9 Å². The van der Waals surface area contributed by atoms with Crippen molar-refractivity contribution in [1.29, 1.82) is 0 Å². The quantitative estimate of drug-likeness (QED) is 0.175. The molecule has 10 rings (SSSR count). The summed E-state index contributed by atoms with van der Waals surface area (Å²) in [5, 5.41) is 13.2. The van der Waals surface area contributed by atoms with Gasteiger partial charge < -0.3 is 0 Å². The van der Waals surface area contributed by atoms with Gasteiger partial charge in [-0.15, -0.1) is 22.7 Å². The maximum Gasteiger partial charge on any atom is 0.0434 e. The van der Waals surface area contributed by atoms with Crippen LogP contribution in [-0.4, -0.2) is 0 Å². The second-order valence-electron chi connectivity index (χ2n) is 11.6. The van der Waals surface area contributed by atoms with Crippen LogP contribution in [0.3, 0.4) is 0 Å². The number of thiophene rings is 2. The molecule has 204 valence electrons. The van der Waals surface area contributed by atoms with Crippen molar-refractivity contribution >= 4 is 95.3 Å². The lowest BCUT2D eigenvalue weighted by atomic mass is 9.85. The summed E-state index contributed by atoms with van der Waals surface area (Å²) in [7, 11) is 0. The van der Waals surface area contributed by atoms with Crippen LogP contribution in [0.5, 0.6) is 0 Å². The Morgan fingerprint density at radius 1 is 0.318 bits per heavy atom. The van der Waals surface area contributed by atoms with E-state index in [0.717, 1.165) is 0 Å². The van der Waals surface area contributed by atoms with Crippen LogP contribution in [0.2, 0.25) is 0 Å². The molecule has 0 unspecified atom stereocenters. The molecule has 0 saturated heterocycles. The third-order valence-corrected chi connectivity index (χ3v) is 11.7. The van der Waals surface area contributed by atoms with Crippen LogP contribution in [0, 0.1) is 0 Å². The highest BCUT2D eigenvalue weighted by molar-refractivity contribution is 7.27. The number of rotatable bonds is 2. The third-order valence-electron chi connectivity index (χ3n) is 9.26. The Hall–Kier alpha value is -5.02. The van der Waals surface area contributed by atoms with Crippen molar-refractivity contribution < 1.29 is 0 Å². The van der Waals surface area contributed by atoms with Crippen molar-refractivity contribution in [3.63, 3.8) is 0 Å². The second-order valence-corrected chi connectivity index (χ2v) is 13.7. The summed E-state index contributed by atoms with van der Waals surface area (Å²) in [6, 6.07) is 54.1. The normalized spacial score (nSPS) is 12.1. The topological polar surface area (TPSA) is 0 Å². The van der Waals surface area contributed by atoms with Gasteiger partial charge in [0.15, 0.2) is 0 Å². The average molecular weight is 593 g/mol. The fourth-order valence-electron chi connectivity index (χ4n) is 7.33. The van der Waals surface area contributed by atoms with Gasteiger partial charge in [0.05, 0.1) is 0 Å². The van der Waals surface area contributed by atoms with Gasteiger partial charge in [-0.2, -0.15) is 0 Å². The first-order chi connectivity index (χ1) is 21.8. The monoisotopic (exact) mass is 592 g/mol. The molecule has 0 saturated carbocycles. The molecule has 0 fully saturated rings. The lowest BCUT2D eigenvalue weighted by Gasteiger charge is -2.18. The molecule has 0 spiro atoms. The van der Waals surface area contributed by atoms with E-state index in [-0.39, 0.29) is 0 Å². The first-order valence-electron chi connectivity index (χ1n) is 15.0. The van der Waals surface area contributed by atoms with Gasteiger partial charge in [0.1, 0.15) is 0 Å². The van der Waals surface area contributed by atoms with Crippen LogP contribution in [0.15, 0.2) is 146 Å². The van der Waals surface area contributed by atoms with Crippen LogP contribution in [0.4, 0.5) is 0 Å². The number of hydrogen-bond acceptors (Lipinski definition) is 2. The van der Waals surface area contributed by atoms with E-state index < -0.39 is 0 Å². The molecule has 0 nitrogen and oxygen atoms in total. The number of fused-ring (bicyclic) bond motifs is 10. The van der Waals surface area contributed by atoms with E-state index in [1.165, 1.54) is 94.9 Å². The van der Waals surface area contributed by atoms with Gasteiger partial charge in [-0.1, -0.05) is 127 Å². The lowest BCUT2D eigenvalue weighted by molar-refractivity contribution is 1.71. The van der Waals surface area contributed by atoms with E-state index in [0.29, 0.717) is 0 Å². The smallest absolute Gasteiger partial charge is 0.0434 e. The fraction of sp³-hybridized carbons (Fsp3) is 0. The molecule has 0 aliphatic carbocycles. The number of hydrogen-bond donors (Lipinski definition) is 0. The lowest BCUT2D eigenvalue weighted by Crippen LogP contribution is -1.91. The summed E-state index contributed by atoms with van der Waals surface area (Å²) in [5.74, 6) is 0. The molecule has 0 radical (unpaired) electrons. The Kier molecular flexibility index (Phi) is 5.13. The van der Waals surface area contributed by atoms with Gasteiger partial charge in [-0.3, -0.25) is 0 Å². The van der Waals surface area contributed by atoms with Gasteiger partial charge >= 0.3 is 0 Å². The van der Waals surface area contributed by atoms with E-state index >= 15 is 0 Å². The highest BCUT2D eigenvalue weighted by Crippen LogP contribution is 2.48. The van der Waals surface area contributed by atoms with Crippen LogP contribution < -0.4 is 0 Å². The molecule has 0 N–H and O–H groups in total. The molecule has 0 bridgehead atoms. The summed E-state index contributed by atoms with van der Waals surface area (Å²) in [4.78, 5) is 0. The van der Waals surface area contributed by atoms with Crippen LogP contribution in [0.1, 0.15) is 0 Å². The minimum Gasteiger partial charge on any atom is -0.135 e. The Bertz CT molecular complexity index is 2720. The summed E-state index contributed by atoms with van der Waals surface area (Å²) in [6.07, 6.45) is 0. The molecule has 0 aliphatic rings. The minimum atomic E-state index is 1.27. The Morgan fingerprint density at radius 3 is 1.66 bits per heavy atom. The highest BCUT2D eigenvalue weighted by Gasteiger charge is 2.20. The zero-order valence-corrected chi connectivity index (χ0v) is 25.3. The zero-order valence-electron chi connectivity index (χ0n) is 23.7. The first-order valence-corrected chi connectivity index (χ1v) is 16.7. The largest absolute Gasteiger partial charge is 0.135 e. The highest BCUT2D eigenvalue weighted by atomic mass is 32.1. The average Bonchev–Trinajstić information content (AvgIpc) is 3.66. The fourth-order valence-corrected chi connectivity index (χ4v) is 9.77. The van der Waals surface area contributed by atoms with E-state index in [1.807, 2.05) is 22.7 Å². The molecule has 2 heteroatoms. The molecule has 2 heterocycles. The van der Waals surface area contributed by atoms with E-state index in [4.69, 9.17) is 0 Å². The maximum atomic E-state index is 2.43. The molecule has 0 amide bonds. The Labute approximate surface area is 262 Å². The second kappa shape index (κ2) is 9.24. The number of benzene rings is 8. The molecule has 44 heavy (non-hydrogen) atoms. The van der Waals surface area contributed by atoms with Crippen molar-refractivity contribution in [2.45, 2.75) is 0 Å². The van der Waals surface area contributed by atoms with E-state index in [2.05, 4.69) is 146 Å². The summed E-state index contributed by atoms with van der Waals surface area (Å²) < 4.78 is 5.40. The zero-order chi connectivity index (χ0) is 28.8. The first kappa shape index (κ1) is 24.4. The van der Waals surface area contributed by atoms with Gasteiger partial charge in [-0.25, -0.2) is 0 Å². The molecular weight excluding hydrogens is 569 g/mol. The third kappa shape index (κ3) is 3.38. The summed E-state index contributed by atoms with van der Waals surface area (Å²) in [6.45, 7) is 0. The minimum absolute atomic E-state index is 1.27. The van der Waals surface area contributed by atoms with Crippen molar-refractivity contribution in [3.8, 4) is 22.3 Å². The van der Waals surface area contributed by atoms with Crippen molar-refractivity contribution in [2.24, 2.45) is 0 Å². The molecule has 0 atom stereocenters. The van der Waals surface area contributed by atoms with E-state index in [1.54, 1.807) is 0 Å². The standard InChI is InChI=1S/C42H24S2/c1-2-11-27-25(10-1)20-22-34-36-24-26(21-23-38(36)44-41(27)34)39-29-13-3-5-15-31(29)40(32-16-6-4-14-30(32)39)35-18-9-17-33-28-12-7-8-19-37(28)43-42(33)35/h1-24H. The molecule has 10 aromatic rings. The SMILES string of the molecule is c1ccc2c(c1)ccc1c3cc(-c4c5ccccc5c(-c5cccc6c5sc5ccccc56)c5ccccc45)ccc3sc21. The van der Waals surface area contributed by atoms with Crippen molar-refractivity contribution in [2.75, 3.05) is 0 Å². The predicted molar refractivity (Wildman–Crippen MR) is 196 cm³/mol. The molecule has 8 aromatic carbocycles. The van der Waals surface area contributed by atoms with Crippen LogP contribution >= 0.6 is 22.7 Å². The van der Waals surface area contributed by atoms with Crippen LogP contribution in [-0.2, 0) is 0 Å². The maximum absolute atomic E-state index is 2.43. The van der Waals surface area contributed by atoms with Crippen molar-refractivity contribution in [1.82, 2.24) is 0 Å². The van der Waals surface area contributed by atoms with Gasteiger partial charge in [-0.05, 0) is 67.2 Å².